The van der Waals surface area contributed by atoms with Gasteiger partial charge in [0.05, 0.1) is 5.56 Å². The molecule has 17 heavy (non-hydrogen) atoms. The molecule has 1 saturated carbocycles. The maximum Gasteiger partial charge on any atom is 0.255 e. The summed E-state index contributed by atoms with van der Waals surface area (Å²) in [7, 11) is 0. The number of carbonyl (C=O) groups is 1. The molecule has 2 nitrogen and oxygen atoms in total. The third kappa shape index (κ3) is 2.89. The van der Waals surface area contributed by atoms with E-state index in [1.807, 2.05) is 13.0 Å². The normalized spacial score (nSPS) is 15.4. The van der Waals surface area contributed by atoms with E-state index in [-0.39, 0.29) is 5.91 Å². The average molecular weight is 251 g/mol. The average Bonchev–Trinajstić information content (AvgIpc) is 3.00. The van der Waals surface area contributed by atoms with Crippen LogP contribution in [0.5, 0.6) is 0 Å². The van der Waals surface area contributed by atoms with Gasteiger partial charge in [-0.05, 0) is 38.7 Å². The zero-order valence-corrected chi connectivity index (χ0v) is 11.9. The van der Waals surface area contributed by atoms with Gasteiger partial charge in [0.25, 0.3) is 5.91 Å². The summed E-state index contributed by atoms with van der Waals surface area (Å²) in [5, 5.41) is 0. The molecule has 1 fully saturated rings. The van der Waals surface area contributed by atoms with Crippen LogP contribution in [0.1, 0.15) is 46.8 Å². The highest BCUT2D eigenvalue weighted by atomic mass is 32.1. The van der Waals surface area contributed by atoms with Crippen LogP contribution in [0.4, 0.5) is 0 Å². The molecule has 1 aliphatic carbocycles. The first kappa shape index (κ1) is 12.6. The Morgan fingerprint density at radius 2 is 2.12 bits per heavy atom. The van der Waals surface area contributed by atoms with Crippen LogP contribution in [0, 0.1) is 19.8 Å². The van der Waals surface area contributed by atoms with Crippen LogP contribution in [0.25, 0.3) is 0 Å². The summed E-state index contributed by atoms with van der Waals surface area (Å²) in [6.07, 6.45) is 2.36. The van der Waals surface area contributed by atoms with E-state index in [4.69, 9.17) is 0 Å². The molecule has 1 aliphatic rings. The summed E-state index contributed by atoms with van der Waals surface area (Å²) in [6, 6.07) is 2.54. The van der Waals surface area contributed by atoms with Crippen molar-refractivity contribution in [1.29, 1.82) is 0 Å². The summed E-state index contributed by atoms with van der Waals surface area (Å²) in [5.41, 5.74) is 0.917. The van der Waals surface area contributed by atoms with E-state index < -0.39 is 0 Å². The van der Waals surface area contributed by atoms with E-state index in [1.165, 1.54) is 17.7 Å². The van der Waals surface area contributed by atoms with Gasteiger partial charge in [-0.1, -0.05) is 13.8 Å². The van der Waals surface area contributed by atoms with Crippen molar-refractivity contribution in [3.05, 3.63) is 21.4 Å². The van der Waals surface area contributed by atoms with Gasteiger partial charge < -0.3 is 4.90 Å². The molecule has 1 heterocycles. The Bertz CT molecular complexity index is 418. The van der Waals surface area contributed by atoms with Crippen molar-refractivity contribution in [2.45, 2.75) is 46.6 Å². The maximum absolute atomic E-state index is 12.5. The summed E-state index contributed by atoms with van der Waals surface area (Å²) in [4.78, 5) is 17.0. The molecule has 0 unspecified atom stereocenters. The maximum atomic E-state index is 12.5. The van der Waals surface area contributed by atoms with Gasteiger partial charge in [-0.15, -0.1) is 11.3 Å². The fourth-order valence-corrected chi connectivity index (χ4v) is 3.09. The molecule has 2 rings (SSSR count). The lowest BCUT2D eigenvalue weighted by Gasteiger charge is -2.24. The van der Waals surface area contributed by atoms with Crippen LogP contribution in [-0.2, 0) is 0 Å². The SMILES string of the molecule is Cc1cc(C(=O)N(CC(C)C)C2CC2)c(C)s1. The number of nitrogens with zero attached hydrogens (tertiary/aromatic N) is 1. The second kappa shape index (κ2) is 4.81. The van der Waals surface area contributed by atoms with E-state index >= 15 is 0 Å². The van der Waals surface area contributed by atoms with E-state index in [2.05, 4.69) is 25.7 Å². The first-order valence-corrected chi connectivity index (χ1v) is 7.18. The van der Waals surface area contributed by atoms with Crippen LogP contribution in [0.2, 0.25) is 0 Å². The van der Waals surface area contributed by atoms with Crippen LogP contribution < -0.4 is 0 Å². The molecule has 1 amide bonds. The molecule has 0 radical (unpaired) electrons. The summed E-state index contributed by atoms with van der Waals surface area (Å²) < 4.78 is 0. The van der Waals surface area contributed by atoms with Crippen molar-refractivity contribution in [3.8, 4) is 0 Å². The highest BCUT2D eigenvalue weighted by molar-refractivity contribution is 7.12. The first-order valence-electron chi connectivity index (χ1n) is 6.37. The Morgan fingerprint density at radius 1 is 1.47 bits per heavy atom. The molecular formula is C14H21NOS. The number of rotatable bonds is 4. The molecule has 3 heteroatoms. The van der Waals surface area contributed by atoms with Gasteiger partial charge in [0, 0.05) is 22.3 Å². The van der Waals surface area contributed by atoms with Gasteiger partial charge in [-0.3, -0.25) is 4.79 Å². The number of hydrogen-bond donors (Lipinski definition) is 0. The molecule has 0 spiro atoms. The van der Waals surface area contributed by atoms with Crippen molar-refractivity contribution in [1.82, 2.24) is 4.90 Å². The predicted molar refractivity (Wildman–Crippen MR) is 72.7 cm³/mol. The second-order valence-corrected chi connectivity index (χ2v) is 6.87. The summed E-state index contributed by atoms with van der Waals surface area (Å²) >= 11 is 1.72. The highest BCUT2D eigenvalue weighted by Crippen LogP contribution is 2.31. The quantitative estimate of drug-likeness (QED) is 0.800. The van der Waals surface area contributed by atoms with Crippen molar-refractivity contribution < 1.29 is 4.79 Å². The molecule has 94 valence electrons. The molecule has 1 aromatic rings. The zero-order chi connectivity index (χ0) is 12.6. The van der Waals surface area contributed by atoms with Crippen molar-refractivity contribution in [2.24, 2.45) is 5.92 Å². The van der Waals surface area contributed by atoms with E-state index in [0.29, 0.717) is 12.0 Å². The summed E-state index contributed by atoms with van der Waals surface area (Å²) in [5.74, 6) is 0.780. The van der Waals surface area contributed by atoms with Crippen LogP contribution in [0.3, 0.4) is 0 Å². The lowest BCUT2D eigenvalue weighted by molar-refractivity contribution is 0.0722. The van der Waals surface area contributed by atoms with E-state index in [1.54, 1.807) is 11.3 Å². The minimum absolute atomic E-state index is 0.239. The fourth-order valence-electron chi connectivity index (χ4n) is 2.18. The summed E-state index contributed by atoms with van der Waals surface area (Å²) in [6.45, 7) is 9.35. The predicted octanol–water partition coefficient (Wildman–Crippen LogP) is 3.63. The van der Waals surface area contributed by atoms with E-state index in [0.717, 1.165) is 17.0 Å². The highest BCUT2D eigenvalue weighted by Gasteiger charge is 2.34. The number of amides is 1. The molecule has 0 saturated heterocycles. The molecule has 1 aromatic heterocycles. The Hall–Kier alpha value is -0.830. The lowest BCUT2D eigenvalue weighted by Crippen LogP contribution is -2.36. The van der Waals surface area contributed by atoms with Crippen molar-refractivity contribution in [2.75, 3.05) is 6.54 Å². The van der Waals surface area contributed by atoms with Crippen LogP contribution >= 0.6 is 11.3 Å². The lowest BCUT2D eigenvalue weighted by atomic mass is 10.1. The third-order valence-corrected chi connectivity index (χ3v) is 4.05. The minimum Gasteiger partial charge on any atom is -0.335 e. The molecule has 0 N–H and O–H groups in total. The Morgan fingerprint density at radius 3 is 2.53 bits per heavy atom. The molecular weight excluding hydrogens is 230 g/mol. The first-order chi connectivity index (χ1) is 7.99. The number of hydrogen-bond acceptors (Lipinski definition) is 2. The molecule has 0 atom stereocenters. The third-order valence-electron chi connectivity index (χ3n) is 3.08. The topological polar surface area (TPSA) is 20.3 Å². The number of aryl methyl sites for hydroxylation is 2. The van der Waals surface area contributed by atoms with Crippen molar-refractivity contribution >= 4 is 17.2 Å². The zero-order valence-electron chi connectivity index (χ0n) is 11.1. The van der Waals surface area contributed by atoms with Gasteiger partial charge in [-0.25, -0.2) is 0 Å². The largest absolute Gasteiger partial charge is 0.335 e. The van der Waals surface area contributed by atoms with Gasteiger partial charge in [0.1, 0.15) is 0 Å². The monoisotopic (exact) mass is 251 g/mol. The molecule has 0 bridgehead atoms. The molecule has 0 aromatic carbocycles. The second-order valence-electron chi connectivity index (χ2n) is 5.41. The number of carbonyl (C=O) groups excluding carboxylic acids is 1. The minimum atomic E-state index is 0.239. The van der Waals surface area contributed by atoms with Crippen LogP contribution in [0.15, 0.2) is 6.07 Å². The van der Waals surface area contributed by atoms with Crippen LogP contribution in [-0.4, -0.2) is 23.4 Å². The van der Waals surface area contributed by atoms with Gasteiger partial charge in [-0.2, -0.15) is 0 Å². The van der Waals surface area contributed by atoms with E-state index in [9.17, 15) is 4.79 Å². The standard InChI is InChI=1S/C14H21NOS/c1-9(2)8-15(12-5-6-12)14(16)13-7-10(3)17-11(13)4/h7,9,12H,5-6,8H2,1-4H3. The fraction of sp³-hybridized carbons (Fsp3) is 0.643. The van der Waals surface area contributed by atoms with Gasteiger partial charge in [0.2, 0.25) is 0 Å². The van der Waals surface area contributed by atoms with Gasteiger partial charge >= 0.3 is 0 Å². The Kier molecular flexibility index (Phi) is 3.57. The Balaban J connectivity index is 2.18. The number of thiophene rings is 1. The van der Waals surface area contributed by atoms with Crippen molar-refractivity contribution in [3.63, 3.8) is 0 Å². The molecule has 0 aliphatic heterocycles. The smallest absolute Gasteiger partial charge is 0.255 e. The van der Waals surface area contributed by atoms with Gasteiger partial charge in [0.15, 0.2) is 0 Å². The Labute approximate surface area is 108 Å².